The first-order valence-electron chi connectivity index (χ1n) is 4.41. The molecule has 0 fully saturated rings. The molecular formula is C9H18NO2. The summed E-state index contributed by atoms with van der Waals surface area (Å²) in [6.45, 7) is 6.45. The number of carbonyl (C=O) groups is 1. The summed E-state index contributed by atoms with van der Waals surface area (Å²) >= 11 is 0. The largest absolute Gasteiger partial charge is 0.461 e. The van der Waals surface area contributed by atoms with Gasteiger partial charge < -0.3 is 4.74 Å². The van der Waals surface area contributed by atoms with Crippen molar-refractivity contribution in [1.82, 2.24) is 4.90 Å². The zero-order valence-corrected chi connectivity index (χ0v) is 8.01. The minimum Gasteiger partial charge on any atom is -0.461 e. The molecule has 0 N–H and O–H groups in total. The Morgan fingerprint density at radius 2 is 1.83 bits per heavy atom. The molecule has 12 heavy (non-hydrogen) atoms. The minimum atomic E-state index is -0.253. The lowest BCUT2D eigenvalue weighted by atomic mass is 10.3. The van der Waals surface area contributed by atoms with Crippen molar-refractivity contribution in [2.24, 2.45) is 0 Å². The van der Waals surface area contributed by atoms with Crippen LogP contribution in [0.25, 0.3) is 0 Å². The predicted octanol–water partition coefficient (Wildman–Crippen LogP) is 1.44. The van der Waals surface area contributed by atoms with Gasteiger partial charge in [0, 0.05) is 0 Å². The summed E-state index contributed by atoms with van der Waals surface area (Å²) in [7, 11) is 3.08. The molecule has 0 aliphatic rings. The Bertz CT molecular complexity index is 120. The zero-order chi connectivity index (χ0) is 9.40. The molecule has 0 saturated heterocycles. The topological polar surface area (TPSA) is 29.5 Å². The fourth-order valence-corrected chi connectivity index (χ4v) is 1.13. The van der Waals surface area contributed by atoms with Gasteiger partial charge in [0.2, 0.25) is 0 Å². The molecule has 0 amide bonds. The molecule has 0 aliphatic carbocycles. The van der Waals surface area contributed by atoms with Crippen LogP contribution in [0.15, 0.2) is 0 Å². The van der Waals surface area contributed by atoms with Crippen molar-refractivity contribution >= 4 is 5.97 Å². The highest BCUT2D eigenvalue weighted by molar-refractivity contribution is 5.71. The first-order valence-corrected chi connectivity index (χ1v) is 4.41. The molecule has 0 aromatic carbocycles. The third-order valence-electron chi connectivity index (χ3n) is 1.59. The molecule has 0 atom stereocenters. The van der Waals surface area contributed by atoms with Gasteiger partial charge in [0.1, 0.15) is 7.11 Å². The van der Waals surface area contributed by atoms with E-state index in [1.165, 1.54) is 0 Å². The highest BCUT2D eigenvalue weighted by Gasteiger charge is 2.07. The van der Waals surface area contributed by atoms with Crippen LogP contribution in [-0.2, 0) is 9.53 Å². The minimum absolute atomic E-state index is 0.253. The molecule has 0 bridgehead atoms. The van der Waals surface area contributed by atoms with E-state index in [4.69, 9.17) is 0 Å². The molecule has 0 spiro atoms. The van der Waals surface area contributed by atoms with Crippen LogP contribution in [0.2, 0.25) is 0 Å². The molecule has 1 radical (unpaired) electrons. The van der Waals surface area contributed by atoms with Gasteiger partial charge in [0.25, 0.3) is 0 Å². The Labute approximate surface area is 74.7 Å². The Morgan fingerprint density at radius 3 is 2.17 bits per heavy atom. The maximum absolute atomic E-state index is 10.8. The molecule has 71 valence electrons. The number of rotatable bonds is 6. The van der Waals surface area contributed by atoms with Gasteiger partial charge in [0.15, 0.2) is 0 Å². The van der Waals surface area contributed by atoms with E-state index in [0.717, 1.165) is 25.9 Å². The summed E-state index contributed by atoms with van der Waals surface area (Å²) in [5.74, 6) is -0.253. The highest BCUT2D eigenvalue weighted by Crippen LogP contribution is 1.94. The average molecular weight is 172 g/mol. The van der Waals surface area contributed by atoms with Crippen molar-refractivity contribution in [1.29, 1.82) is 0 Å². The van der Waals surface area contributed by atoms with Gasteiger partial charge in [-0.25, -0.2) is 0 Å². The lowest BCUT2D eigenvalue weighted by Gasteiger charge is -2.18. The van der Waals surface area contributed by atoms with Gasteiger partial charge >= 0.3 is 5.97 Å². The summed E-state index contributed by atoms with van der Waals surface area (Å²) in [5, 5.41) is 0. The van der Waals surface area contributed by atoms with E-state index in [1.54, 1.807) is 0 Å². The Hall–Kier alpha value is -0.570. The first-order chi connectivity index (χ1) is 5.74. The SMILES string of the molecule is [CH2]OC(=O)CN(CCC)CCC. The molecule has 0 saturated carbocycles. The molecule has 3 nitrogen and oxygen atoms in total. The average Bonchev–Trinajstić information content (AvgIpc) is 2.05. The first kappa shape index (κ1) is 11.4. The van der Waals surface area contributed by atoms with Crippen LogP contribution in [0.4, 0.5) is 0 Å². The molecule has 0 heterocycles. The third-order valence-corrected chi connectivity index (χ3v) is 1.59. The van der Waals surface area contributed by atoms with Crippen molar-refractivity contribution in [3.63, 3.8) is 0 Å². The van der Waals surface area contributed by atoms with Crippen molar-refractivity contribution in [2.75, 3.05) is 19.6 Å². The van der Waals surface area contributed by atoms with Crippen molar-refractivity contribution in [2.45, 2.75) is 26.7 Å². The second kappa shape index (κ2) is 7.10. The smallest absolute Gasteiger partial charge is 0.320 e. The van der Waals surface area contributed by atoms with Gasteiger partial charge in [-0.3, -0.25) is 9.69 Å². The summed E-state index contributed by atoms with van der Waals surface area (Å²) in [4.78, 5) is 12.9. The summed E-state index contributed by atoms with van der Waals surface area (Å²) in [6, 6.07) is 0. The van der Waals surface area contributed by atoms with E-state index >= 15 is 0 Å². The highest BCUT2D eigenvalue weighted by atomic mass is 16.5. The van der Waals surface area contributed by atoms with Gasteiger partial charge in [-0.1, -0.05) is 13.8 Å². The maximum atomic E-state index is 10.8. The Kier molecular flexibility index (Phi) is 6.76. The van der Waals surface area contributed by atoms with E-state index in [-0.39, 0.29) is 5.97 Å². The Balaban J connectivity index is 3.68. The van der Waals surface area contributed by atoms with Crippen LogP contribution in [0, 0.1) is 7.11 Å². The van der Waals surface area contributed by atoms with Gasteiger partial charge in [-0.05, 0) is 25.9 Å². The monoisotopic (exact) mass is 172 g/mol. The number of esters is 1. The number of ether oxygens (including phenoxy) is 1. The predicted molar refractivity (Wildman–Crippen MR) is 48.5 cm³/mol. The molecular weight excluding hydrogens is 154 g/mol. The van der Waals surface area contributed by atoms with Crippen LogP contribution in [-0.4, -0.2) is 30.5 Å². The van der Waals surface area contributed by atoms with Crippen molar-refractivity contribution in [3.8, 4) is 0 Å². The molecule has 0 unspecified atom stereocenters. The lowest BCUT2D eigenvalue weighted by molar-refractivity contribution is -0.139. The van der Waals surface area contributed by atoms with Gasteiger partial charge in [-0.2, -0.15) is 0 Å². The van der Waals surface area contributed by atoms with Crippen LogP contribution in [0.1, 0.15) is 26.7 Å². The van der Waals surface area contributed by atoms with Gasteiger partial charge in [0.05, 0.1) is 6.54 Å². The second-order valence-corrected chi connectivity index (χ2v) is 2.79. The van der Waals surface area contributed by atoms with Crippen molar-refractivity contribution in [3.05, 3.63) is 7.11 Å². The number of hydrogen-bond acceptors (Lipinski definition) is 3. The third kappa shape index (κ3) is 5.13. The number of hydrogen-bond donors (Lipinski definition) is 0. The van der Waals surface area contributed by atoms with E-state index in [0.29, 0.717) is 6.54 Å². The van der Waals surface area contributed by atoms with Crippen molar-refractivity contribution < 1.29 is 9.53 Å². The maximum Gasteiger partial charge on any atom is 0.320 e. The molecule has 0 aromatic rings. The number of carbonyl (C=O) groups excluding carboxylic acids is 1. The standard InChI is InChI=1S/C9H18NO2/c1-4-6-10(7-5-2)8-9(11)12-3/h3-8H2,1-2H3. The second-order valence-electron chi connectivity index (χ2n) is 2.79. The number of nitrogens with zero attached hydrogens (tertiary/aromatic N) is 1. The molecule has 0 aliphatic heterocycles. The quantitative estimate of drug-likeness (QED) is 0.568. The van der Waals surface area contributed by atoms with E-state index in [2.05, 4.69) is 30.6 Å². The molecule has 3 heteroatoms. The molecule has 0 rings (SSSR count). The van der Waals surface area contributed by atoms with Crippen LogP contribution < -0.4 is 0 Å². The Morgan fingerprint density at radius 1 is 1.33 bits per heavy atom. The zero-order valence-electron chi connectivity index (χ0n) is 8.01. The van der Waals surface area contributed by atoms with Crippen LogP contribution >= 0.6 is 0 Å². The fraction of sp³-hybridized carbons (Fsp3) is 0.778. The lowest BCUT2D eigenvalue weighted by Crippen LogP contribution is -2.31. The van der Waals surface area contributed by atoms with E-state index < -0.39 is 0 Å². The molecule has 0 aromatic heterocycles. The van der Waals surface area contributed by atoms with E-state index in [1.807, 2.05) is 0 Å². The van der Waals surface area contributed by atoms with Crippen LogP contribution in [0.5, 0.6) is 0 Å². The van der Waals surface area contributed by atoms with Crippen LogP contribution in [0.3, 0.4) is 0 Å². The summed E-state index contributed by atoms with van der Waals surface area (Å²) < 4.78 is 4.34. The summed E-state index contributed by atoms with van der Waals surface area (Å²) in [5.41, 5.74) is 0. The van der Waals surface area contributed by atoms with Gasteiger partial charge in [-0.15, -0.1) is 0 Å². The fourth-order valence-electron chi connectivity index (χ4n) is 1.13. The summed E-state index contributed by atoms with van der Waals surface area (Å²) in [6.07, 6.45) is 2.12. The van der Waals surface area contributed by atoms with E-state index in [9.17, 15) is 4.79 Å². The normalized spacial score (nSPS) is 10.3.